The summed E-state index contributed by atoms with van der Waals surface area (Å²) in [6.07, 6.45) is 10.6. The third-order valence-electron chi connectivity index (χ3n) is 5.39. The summed E-state index contributed by atoms with van der Waals surface area (Å²) in [7, 11) is 0. The lowest BCUT2D eigenvalue weighted by Gasteiger charge is -2.17. The number of aryl methyl sites for hydroxylation is 1. The SMILES string of the molecule is CCCc1nn(-c2ccccc2)c2ncn(C3CCCCCC3)c(=O)c12. The molecule has 4 rings (SSSR count). The van der Waals surface area contributed by atoms with E-state index in [1.807, 2.05) is 39.6 Å². The molecule has 2 heterocycles. The molecule has 1 fully saturated rings. The number of aromatic nitrogens is 4. The first-order valence-electron chi connectivity index (χ1n) is 9.83. The van der Waals surface area contributed by atoms with Gasteiger partial charge in [-0.15, -0.1) is 0 Å². The largest absolute Gasteiger partial charge is 0.295 e. The third kappa shape index (κ3) is 3.06. The number of hydrogen-bond donors (Lipinski definition) is 0. The Kier molecular flexibility index (Phi) is 4.87. The summed E-state index contributed by atoms with van der Waals surface area (Å²) in [5.74, 6) is 0. The Balaban J connectivity index is 1.88. The minimum atomic E-state index is 0.0764. The van der Waals surface area contributed by atoms with E-state index < -0.39 is 0 Å². The van der Waals surface area contributed by atoms with Gasteiger partial charge >= 0.3 is 0 Å². The minimum Gasteiger partial charge on any atom is -0.295 e. The molecule has 0 atom stereocenters. The van der Waals surface area contributed by atoms with Crippen molar-refractivity contribution in [1.29, 1.82) is 0 Å². The van der Waals surface area contributed by atoms with E-state index in [2.05, 4.69) is 6.92 Å². The molecule has 1 aliphatic rings. The van der Waals surface area contributed by atoms with Crippen molar-refractivity contribution >= 4 is 11.0 Å². The van der Waals surface area contributed by atoms with Gasteiger partial charge in [-0.25, -0.2) is 9.67 Å². The topological polar surface area (TPSA) is 52.7 Å². The molecular formula is C21H26N4O. The van der Waals surface area contributed by atoms with Crippen molar-refractivity contribution in [2.24, 2.45) is 0 Å². The van der Waals surface area contributed by atoms with Crippen molar-refractivity contribution < 1.29 is 0 Å². The summed E-state index contributed by atoms with van der Waals surface area (Å²) >= 11 is 0. The number of rotatable bonds is 4. The Bertz CT molecular complexity index is 934. The van der Waals surface area contributed by atoms with Gasteiger partial charge in [-0.2, -0.15) is 5.10 Å². The molecular weight excluding hydrogens is 324 g/mol. The fourth-order valence-corrected chi connectivity index (χ4v) is 4.05. The molecule has 0 unspecified atom stereocenters. The van der Waals surface area contributed by atoms with E-state index in [9.17, 15) is 4.79 Å². The number of fused-ring (bicyclic) bond motifs is 1. The van der Waals surface area contributed by atoms with Crippen molar-refractivity contribution in [1.82, 2.24) is 19.3 Å². The van der Waals surface area contributed by atoms with Gasteiger partial charge in [0.25, 0.3) is 5.56 Å². The van der Waals surface area contributed by atoms with Crippen LogP contribution in [-0.2, 0) is 6.42 Å². The maximum absolute atomic E-state index is 13.3. The third-order valence-corrected chi connectivity index (χ3v) is 5.39. The highest BCUT2D eigenvalue weighted by atomic mass is 16.1. The Labute approximate surface area is 153 Å². The van der Waals surface area contributed by atoms with Gasteiger partial charge in [0.05, 0.1) is 11.4 Å². The van der Waals surface area contributed by atoms with Crippen LogP contribution in [0.3, 0.4) is 0 Å². The van der Waals surface area contributed by atoms with Gasteiger partial charge in [0.1, 0.15) is 11.7 Å². The number of benzene rings is 1. The van der Waals surface area contributed by atoms with Crippen LogP contribution < -0.4 is 5.56 Å². The van der Waals surface area contributed by atoms with E-state index in [0.29, 0.717) is 11.0 Å². The highest BCUT2D eigenvalue weighted by Crippen LogP contribution is 2.27. The molecule has 3 aromatic rings. The molecule has 1 aromatic carbocycles. The summed E-state index contributed by atoms with van der Waals surface area (Å²) in [4.78, 5) is 18.0. The van der Waals surface area contributed by atoms with E-state index in [1.165, 1.54) is 25.7 Å². The predicted octanol–water partition coefficient (Wildman–Crippen LogP) is 4.43. The molecule has 5 heteroatoms. The average molecular weight is 350 g/mol. The molecule has 5 nitrogen and oxygen atoms in total. The van der Waals surface area contributed by atoms with Gasteiger partial charge < -0.3 is 0 Å². The van der Waals surface area contributed by atoms with E-state index in [-0.39, 0.29) is 11.6 Å². The highest BCUT2D eigenvalue weighted by molar-refractivity contribution is 5.78. The Morgan fingerprint density at radius 2 is 1.81 bits per heavy atom. The number of hydrogen-bond acceptors (Lipinski definition) is 3. The van der Waals surface area contributed by atoms with Crippen LogP contribution in [0.4, 0.5) is 0 Å². The smallest absolute Gasteiger partial charge is 0.265 e. The summed E-state index contributed by atoms with van der Waals surface area (Å²) in [6.45, 7) is 2.12. The molecule has 26 heavy (non-hydrogen) atoms. The molecule has 0 bridgehead atoms. The van der Waals surface area contributed by atoms with Crippen molar-refractivity contribution in [2.75, 3.05) is 0 Å². The van der Waals surface area contributed by atoms with Gasteiger partial charge in [0, 0.05) is 6.04 Å². The van der Waals surface area contributed by atoms with Gasteiger partial charge in [0.15, 0.2) is 5.65 Å². The molecule has 0 amide bonds. The van der Waals surface area contributed by atoms with Gasteiger partial charge in [-0.3, -0.25) is 9.36 Å². The monoisotopic (exact) mass is 350 g/mol. The molecule has 136 valence electrons. The summed E-state index contributed by atoms with van der Waals surface area (Å²) in [6, 6.07) is 10.2. The molecule has 0 saturated heterocycles. The van der Waals surface area contributed by atoms with E-state index >= 15 is 0 Å². The molecule has 0 N–H and O–H groups in total. The molecule has 0 spiro atoms. The Morgan fingerprint density at radius 1 is 1.08 bits per heavy atom. The maximum atomic E-state index is 13.3. The lowest BCUT2D eigenvalue weighted by molar-refractivity contribution is 0.429. The first-order valence-corrected chi connectivity index (χ1v) is 9.83. The lowest BCUT2D eigenvalue weighted by Crippen LogP contribution is -2.25. The van der Waals surface area contributed by atoms with E-state index in [4.69, 9.17) is 10.1 Å². The zero-order valence-corrected chi connectivity index (χ0v) is 15.4. The molecule has 1 aliphatic carbocycles. The van der Waals surface area contributed by atoms with E-state index in [0.717, 1.165) is 37.1 Å². The number of para-hydroxylation sites is 1. The van der Waals surface area contributed by atoms with Crippen LogP contribution in [0.1, 0.15) is 63.6 Å². The quantitative estimate of drug-likeness (QED) is 0.654. The molecule has 1 saturated carbocycles. The normalized spacial score (nSPS) is 16.0. The molecule has 0 aliphatic heterocycles. The summed E-state index contributed by atoms with van der Waals surface area (Å²) in [5, 5.41) is 5.45. The van der Waals surface area contributed by atoms with Crippen molar-refractivity contribution in [3.63, 3.8) is 0 Å². The fourth-order valence-electron chi connectivity index (χ4n) is 4.05. The standard InChI is InChI=1S/C21H26N4O/c1-2-10-18-19-20(25(23-18)17-13-8-5-9-14-17)22-15-24(21(19)26)16-11-6-3-4-7-12-16/h5,8-9,13-16H,2-4,6-7,10-12H2,1H3. The first-order chi connectivity index (χ1) is 12.8. The second kappa shape index (κ2) is 7.44. The Morgan fingerprint density at radius 3 is 2.50 bits per heavy atom. The molecule has 0 radical (unpaired) electrons. The van der Waals surface area contributed by atoms with Crippen molar-refractivity contribution in [2.45, 2.75) is 64.3 Å². The second-order valence-corrected chi connectivity index (χ2v) is 7.25. The Hall–Kier alpha value is -2.43. The zero-order valence-electron chi connectivity index (χ0n) is 15.4. The second-order valence-electron chi connectivity index (χ2n) is 7.25. The molecule has 2 aromatic heterocycles. The van der Waals surface area contributed by atoms with Crippen LogP contribution >= 0.6 is 0 Å². The van der Waals surface area contributed by atoms with Crippen LogP contribution in [0.15, 0.2) is 41.5 Å². The van der Waals surface area contributed by atoms with Crippen LogP contribution in [0.5, 0.6) is 0 Å². The van der Waals surface area contributed by atoms with Gasteiger partial charge in [0.2, 0.25) is 0 Å². The summed E-state index contributed by atoms with van der Waals surface area (Å²) in [5.41, 5.74) is 2.56. The van der Waals surface area contributed by atoms with Crippen LogP contribution in [0.2, 0.25) is 0 Å². The van der Waals surface area contributed by atoms with Crippen LogP contribution in [0.25, 0.3) is 16.7 Å². The first kappa shape index (κ1) is 17.0. The fraction of sp³-hybridized carbons (Fsp3) is 0.476. The van der Waals surface area contributed by atoms with Crippen molar-refractivity contribution in [3.8, 4) is 5.69 Å². The highest BCUT2D eigenvalue weighted by Gasteiger charge is 2.21. The maximum Gasteiger partial charge on any atom is 0.265 e. The average Bonchev–Trinajstić information content (AvgIpc) is 2.84. The van der Waals surface area contributed by atoms with Crippen LogP contribution in [0, 0.1) is 0 Å². The lowest BCUT2D eigenvalue weighted by atomic mass is 10.1. The van der Waals surface area contributed by atoms with Crippen molar-refractivity contribution in [3.05, 3.63) is 52.7 Å². The minimum absolute atomic E-state index is 0.0764. The summed E-state index contributed by atoms with van der Waals surface area (Å²) < 4.78 is 3.70. The predicted molar refractivity (Wildman–Crippen MR) is 104 cm³/mol. The zero-order chi connectivity index (χ0) is 17.9. The van der Waals surface area contributed by atoms with Gasteiger partial charge in [-0.05, 0) is 31.4 Å². The number of nitrogens with zero attached hydrogens (tertiary/aromatic N) is 4. The van der Waals surface area contributed by atoms with E-state index in [1.54, 1.807) is 6.33 Å². The van der Waals surface area contributed by atoms with Gasteiger partial charge in [-0.1, -0.05) is 57.2 Å². The van der Waals surface area contributed by atoms with Crippen LogP contribution in [-0.4, -0.2) is 19.3 Å².